The van der Waals surface area contributed by atoms with Crippen LogP contribution in [0.4, 0.5) is 0 Å². The number of hydrogen-bond acceptors (Lipinski definition) is 2. The largest absolute Gasteiger partial charge is 0.383 e. The van der Waals surface area contributed by atoms with Crippen molar-refractivity contribution in [2.45, 2.75) is 64.7 Å². The molecule has 0 spiro atoms. The van der Waals surface area contributed by atoms with E-state index in [0.717, 1.165) is 24.7 Å². The van der Waals surface area contributed by atoms with Crippen LogP contribution in [0.1, 0.15) is 64.7 Å². The second kappa shape index (κ2) is 11.7. The van der Waals surface area contributed by atoms with Gasteiger partial charge in [0.2, 0.25) is 0 Å². The van der Waals surface area contributed by atoms with Crippen LogP contribution in [0.25, 0.3) is 0 Å². The van der Waals surface area contributed by atoms with Crippen molar-refractivity contribution in [3.05, 3.63) is 11.8 Å². The number of allylic oxidation sites excluding steroid dienone is 1. The molecule has 0 unspecified atom stereocenters. The number of unbranched alkanes of at least 4 members (excludes halogenated alkanes) is 7. The highest BCUT2D eigenvalue weighted by atomic mass is 16.1. The van der Waals surface area contributed by atoms with Crippen molar-refractivity contribution in [3.63, 3.8) is 0 Å². The van der Waals surface area contributed by atoms with Crippen molar-refractivity contribution in [3.8, 4) is 0 Å². The number of carbonyl (C=O) groups is 1. The Labute approximate surface area is 107 Å². The highest BCUT2D eigenvalue weighted by Crippen LogP contribution is 2.12. The van der Waals surface area contributed by atoms with Crippen LogP contribution in [0.3, 0.4) is 0 Å². The van der Waals surface area contributed by atoms with Crippen molar-refractivity contribution in [1.82, 2.24) is 4.90 Å². The summed E-state index contributed by atoms with van der Waals surface area (Å²) >= 11 is 0. The molecule has 0 aliphatic heterocycles. The van der Waals surface area contributed by atoms with E-state index in [1.807, 2.05) is 25.2 Å². The zero-order valence-electron chi connectivity index (χ0n) is 11.9. The molecule has 0 aliphatic rings. The molecular formula is C15H29NO. The molecule has 0 fully saturated rings. The fraction of sp³-hybridized carbons (Fsp3) is 0.800. The van der Waals surface area contributed by atoms with E-state index in [0.29, 0.717) is 0 Å². The van der Waals surface area contributed by atoms with Crippen molar-refractivity contribution >= 4 is 6.29 Å². The molecule has 0 aromatic rings. The molecule has 0 aliphatic carbocycles. The molecule has 17 heavy (non-hydrogen) atoms. The second-order valence-corrected chi connectivity index (χ2v) is 5.01. The molecule has 0 aromatic carbocycles. The van der Waals surface area contributed by atoms with Gasteiger partial charge < -0.3 is 4.90 Å². The molecule has 0 saturated carbocycles. The Kier molecular flexibility index (Phi) is 11.1. The standard InChI is InChI=1S/C15H29NO/c1-4-5-6-7-8-9-10-11-12-15(14-17)13-16(2)3/h13-14H,4-12H2,1-3H3/b15-13-. The summed E-state index contributed by atoms with van der Waals surface area (Å²) in [7, 11) is 3.91. The molecule has 0 rings (SSSR count). The fourth-order valence-corrected chi connectivity index (χ4v) is 1.95. The third-order valence-corrected chi connectivity index (χ3v) is 2.89. The number of rotatable bonds is 11. The molecule has 0 saturated heterocycles. The minimum absolute atomic E-state index is 0.918. The maximum Gasteiger partial charge on any atom is 0.147 e. The van der Waals surface area contributed by atoms with Crippen molar-refractivity contribution in [2.24, 2.45) is 0 Å². The Hall–Kier alpha value is -0.790. The van der Waals surface area contributed by atoms with Gasteiger partial charge in [0.25, 0.3) is 0 Å². The minimum atomic E-state index is 0.918. The van der Waals surface area contributed by atoms with Crippen LogP contribution in [-0.2, 0) is 4.79 Å². The molecular weight excluding hydrogens is 210 g/mol. The average Bonchev–Trinajstić information content (AvgIpc) is 2.30. The van der Waals surface area contributed by atoms with Crippen LogP contribution in [-0.4, -0.2) is 25.3 Å². The second-order valence-electron chi connectivity index (χ2n) is 5.01. The molecule has 2 heteroatoms. The molecule has 0 N–H and O–H groups in total. The summed E-state index contributed by atoms with van der Waals surface area (Å²) < 4.78 is 0. The third-order valence-electron chi connectivity index (χ3n) is 2.89. The van der Waals surface area contributed by atoms with E-state index in [1.165, 1.54) is 44.9 Å². The summed E-state index contributed by atoms with van der Waals surface area (Å²) in [4.78, 5) is 12.7. The van der Waals surface area contributed by atoms with Gasteiger partial charge in [0.1, 0.15) is 6.29 Å². The van der Waals surface area contributed by atoms with Crippen LogP contribution in [0, 0.1) is 0 Å². The smallest absolute Gasteiger partial charge is 0.147 e. The Bertz CT molecular complexity index is 209. The maximum atomic E-state index is 10.8. The van der Waals surface area contributed by atoms with Gasteiger partial charge >= 0.3 is 0 Å². The summed E-state index contributed by atoms with van der Waals surface area (Å²) in [6, 6.07) is 0. The first-order valence-electron chi connectivity index (χ1n) is 7.03. The summed E-state index contributed by atoms with van der Waals surface area (Å²) in [5.41, 5.74) is 0.918. The van der Waals surface area contributed by atoms with E-state index in [2.05, 4.69) is 6.92 Å². The molecule has 0 atom stereocenters. The lowest BCUT2D eigenvalue weighted by atomic mass is 10.1. The normalized spacial score (nSPS) is 11.6. The van der Waals surface area contributed by atoms with Crippen LogP contribution < -0.4 is 0 Å². The SMILES string of the molecule is CCCCCCCCCC/C(C=O)=C/N(C)C. The highest BCUT2D eigenvalue weighted by molar-refractivity contribution is 5.72. The van der Waals surface area contributed by atoms with Gasteiger partial charge in [-0.1, -0.05) is 51.9 Å². The van der Waals surface area contributed by atoms with E-state index in [-0.39, 0.29) is 0 Å². The van der Waals surface area contributed by atoms with Crippen molar-refractivity contribution in [2.75, 3.05) is 14.1 Å². The predicted octanol–water partition coefficient (Wildman–Crippen LogP) is 4.16. The van der Waals surface area contributed by atoms with Gasteiger partial charge in [-0.15, -0.1) is 0 Å². The van der Waals surface area contributed by atoms with Gasteiger partial charge in [0, 0.05) is 25.9 Å². The van der Waals surface area contributed by atoms with Gasteiger partial charge in [-0.2, -0.15) is 0 Å². The van der Waals surface area contributed by atoms with Gasteiger partial charge in [-0.25, -0.2) is 0 Å². The van der Waals surface area contributed by atoms with Gasteiger partial charge in [-0.05, 0) is 12.8 Å². The van der Waals surface area contributed by atoms with E-state index in [9.17, 15) is 4.79 Å². The quantitative estimate of drug-likeness (QED) is 0.306. The van der Waals surface area contributed by atoms with Gasteiger partial charge in [0.15, 0.2) is 0 Å². The van der Waals surface area contributed by atoms with Crippen LogP contribution in [0.2, 0.25) is 0 Å². The zero-order valence-corrected chi connectivity index (χ0v) is 11.9. The number of aldehydes is 1. The monoisotopic (exact) mass is 239 g/mol. The summed E-state index contributed by atoms with van der Waals surface area (Å²) in [5.74, 6) is 0. The Morgan fingerprint density at radius 3 is 1.94 bits per heavy atom. The third kappa shape index (κ3) is 11.5. The molecule has 100 valence electrons. The highest BCUT2D eigenvalue weighted by Gasteiger charge is 1.97. The molecule has 0 heterocycles. The van der Waals surface area contributed by atoms with E-state index >= 15 is 0 Å². The number of carbonyl (C=O) groups excluding carboxylic acids is 1. The Morgan fingerprint density at radius 1 is 0.941 bits per heavy atom. The lowest BCUT2D eigenvalue weighted by Crippen LogP contribution is -2.03. The zero-order chi connectivity index (χ0) is 12.9. The molecule has 0 bridgehead atoms. The first-order valence-corrected chi connectivity index (χ1v) is 7.03. The first-order chi connectivity index (χ1) is 8.20. The summed E-state index contributed by atoms with van der Waals surface area (Å²) in [6.45, 7) is 2.25. The lowest BCUT2D eigenvalue weighted by Gasteiger charge is -2.07. The lowest BCUT2D eigenvalue weighted by molar-refractivity contribution is -0.105. The maximum absolute atomic E-state index is 10.8. The van der Waals surface area contributed by atoms with Crippen LogP contribution in [0.5, 0.6) is 0 Å². The van der Waals surface area contributed by atoms with Gasteiger partial charge in [0.05, 0.1) is 0 Å². The first kappa shape index (κ1) is 16.2. The minimum Gasteiger partial charge on any atom is -0.383 e. The summed E-state index contributed by atoms with van der Waals surface area (Å²) in [6.07, 6.45) is 14.4. The van der Waals surface area contributed by atoms with E-state index in [1.54, 1.807) is 0 Å². The van der Waals surface area contributed by atoms with Crippen molar-refractivity contribution < 1.29 is 4.79 Å². The Morgan fingerprint density at radius 2 is 1.47 bits per heavy atom. The van der Waals surface area contributed by atoms with E-state index < -0.39 is 0 Å². The number of nitrogens with zero attached hydrogens (tertiary/aromatic N) is 1. The molecule has 0 amide bonds. The topological polar surface area (TPSA) is 20.3 Å². The van der Waals surface area contributed by atoms with E-state index in [4.69, 9.17) is 0 Å². The number of hydrogen-bond donors (Lipinski definition) is 0. The summed E-state index contributed by atoms with van der Waals surface area (Å²) in [5, 5.41) is 0. The predicted molar refractivity (Wildman–Crippen MR) is 75.1 cm³/mol. The average molecular weight is 239 g/mol. The van der Waals surface area contributed by atoms with Crippen molar-refractivity contribution in [1.29, 1.82) is 0 Å². The Balaban J connectivity index is 3.40. The van der Waals surface area contributed by atoms with Crippen LogP contribution in [0.15, 0.2) is 11.8 Å². The van der Waals surface area contributed by atoms with Crippen LogP contribution >= 0.6 is 0 Å². The molecule has 2 nitrogen and oxygen atoms in total. The van der Waals surface area contributed by atoms with Gasteiger partial charge in [-0.3, -0.25) is 4.79 Å². The molecule has 0 aromatic heterocycles. The molecule has 0 radical (unpaired) electrons. The fourth-order valence-electron chi connectivity index (χ4n) is 1.95.